The number of halogens is 1. The maximum Gasteiger partial charge on any atom is 0.259 e. The molecule has 0 unspecified atom stereocenters. The summed E-state index contributed by atoms with van der Waals surface area (Å²) in [4.78, 5) is 15.1. The van der Waals surface area contributed by atoms with Gasteiger partial charge in [-0.1, -0.05) is 35.9 Å². The van der Waals surface area contributed by atoms with Gasteiger partial charge in [-0.15, -0.1) is 0 Å². The van der Waals surface area contributed by atoms with E-state index in [0.29, 0.717) is 29.5 Å². The highest BCUT2D eigenvalue weighted by molar-refractivity contribution is 6.34. The first-order valence-corrected chi connectivity index (χ1v) is 9.55. The fourth-order valence-electron chi connectivity index (χ4n) is 3.38. The van der Waals surface area contributed by atoms with Crippen molar-refractivity contribution in [1.82, 2.24) is 9.78 Å². The van der Waals surface area contributed by atoms with Gasteiger partial charge in [0.15, 0.2) is 0 Å². The van der Waals surface area contributed by atoms with Gasteiger partial charge in [-0.2, -0.15) is 5.10 Å². The number of carbonyl (C=O) groups is 1. The van der Waals surface area contributed by atoms with Crippen molar-refractivity contribution in [3.63, 3.8) is 0 Å². The first kappa shape index (κ1) is 18.5. The summed E-state index contributed by atoms with van der Waals surface area (Å²) in [5.74, 6) is -0.212. The maximum absolute atomic E-state index is 13.0. The number of nitrogens with zero attached hydrogens (tertiary/aromatic N) is 3. The van der Waals surface area contributed by atoms with Gasteiger partial charge in [-0.3, -0.25) is 4.79 Å². The Morgan fingerprint density at radius 2 is 1.86 bits per heavy atom. The second-order valence-electron chi connectivity index (χ2n) is 6.58. The standard InChI is InChI=1S/C21H21ClN4O2/c1-15-17(14-23-26(15)16-6-3-2-4-7-16)21(27)24-19-9-5-8-18(22)20(19)25-10-12-28-13-11-25/h2-9,14H,10-13H2,1H3,(H,24,27). The summed E-state index contributed by atoms with van der Waals surface area (Å²) in [6.45, 7) is 4.63. The average Bonchev–Trinajstić information content (AvgIpc) is 3.11. The topological polar surface area (TPSA) is 59.4 Å². The third-order valence-corrected chi connectivity index (χ3v) is 5.12. The molecule has 0 bridgehead atoms. The Hall–Kier alpha value is -2.83. The predicted octanol–water partition coefficient (Wildman–Crippen LogP) is 3.92. The van der Waals surface area contributed by atoms with E-state index in [1.807, 2.05) is 55.5 Å². The van der Waals surface area contributed by atoms with E-state index in [-0.39, 0.29) is 5.91 Å². The van der Waals surface area contributed by atoms with Crippen LogP contribution in [-0.2, 0) is 4.74 Å². The van der Waals surface area contributed by atoms with Crippen LogP contribution in [0.4, 0.5) is 11.4 Å². The molecule has 2 heterocycles. The van der Waals surface area contributed by atoms with E-state index in [9.17, 15) is 4.79 Å². The van der Waals surface area contributed by atoms with Crippen LogP contribution in [0.2, 0.25) is 5.02 Å². The Labute approximate surface area is 168 Å². The van der Waals surface area contributed by atoms with Crippen LogP contribution in [0.15, 0.2) is 54.7 Å². The number of nitrogens with one attached hydrogen (secondary N) is 1. The third-order valence-electron chi connectivity index (χ3n) is 4.82. The molecule has 144 valence electrons. The minimum absolute atomic E-state index is 0.212. The van der Waals surface area contributed by atoms with Crippen LogP contribution >= 0.6 is 11.6 Å². The van der Waals surface area contributed by atoms with Crippen LogP contribution in [0, 0.1) is 6.92 Å². The number of hydrogen-bond acceptors (Lipinski definition) is 4. The fourth-order valence-corrected chi connectivity index (χ4v) is 3.67. The first-order chi connectivity index (χ1) is 13.6. The van der Waals surface area contributed by atoms with Gasteiger partial charge in [0.25, 0.3) is 5.91 Å². The lowest BCUT2D eigenvalue weighted by Crippen LogP contribution is -2.37. The molecule has 0 spiro atoms. The highest BCUT2D eigenvalue weighted by Crippen LogP contribution is 2.34. The number of carbonyl (C=O) groups excluding carboxylic acids is 1. The van der Waals surface area contributed by atoms with E-state index in [4.69, 9.17) is 16.3 Å². The van der Waals surface area contributed by atoms with E-state index in [1.165, 1.54) is 0 Å². The average molecular weight is 397 g/mol. The lowest BCUT2D eigenvalue weighted by atomic mass is 10.2. The van der Waals surface area contributed by atoms with E-state index in [2.05, 4.69) is 15.3 Å². The molecule has 7 heteroatoms. The second kappa shape index (κ2) is 8.04. The van der Waals surface area contributed by atoms with Crippen LogP contribution in [0.25, 0.3) is 5.69 Å². The number of ether oxygens (including phenoxy) is 1. The molecule has 0 radical (unpaired) electrons. The number of amides is 1. The summed E-state index contributed by atoms with van der Waals surface area (Å²) in [6, 6.07) is 15.3. The van der Waals surface area contributed by atoms with Gasteiger partial charge >= 0.3 is 0 Å². The van der Waals surface area contributed by atoms with Crippen molar-refractivity contribution < 1.29 is 9.53 Å². The van der Waals surface area contributed by atoms with Crippen molar-refractivity contribution in [3.05, 3.63) is 71.0 Å². The van der Waals surface area contributed by atoms with Gasteiger partial charge in [-0.05, 0) is 31.2 Å². The quantitative estimate of drug-likeness (QED) is 0.726. The van der Waals surface area contributed by atoms with Crippen molar-refractivity contribution in [2.45, 2.75) is 6.92 Å². The van der Waals surface area contributed by atoms with E-state index < -0.39 is 0 Å². The fraction of sp³-hybridized carbons (Fsp3) is 0.238. The number of morpholine rings is 1. The van der Waals surface area contributed by atoms with Crippen LogP contribution in [0.3, 0.4) is 0 Å². The summed E-state index contributed by atoms with van der Waals surface area (Å²) in [5.41, 5.74) is 3.73. The molecule has 1 aliphatic rings. The summed E-state index contributed by atoms with van der Waals surface area (Å²) in [5, 5.41) is 8.00. The SMILES string of the molecule is Cc1c(C(=O)Nc2cccc(Cl)c2N2CCOCC2)cnn1-c1ccccc1. The minimum Gasteiger partial charge on any atom is -0.378 e. The van der Waals surface area contributed by atoms with E-state index in [0.717, 1.165) is 30.2 Å². The van der Waals surface area contributed by atoms with E-state index in [1.54, 1.807) is 10.9 Å². The van der Waals surface area contributed by atoms with Crippen molar-refractivity contribution in [2.75, 3.05) is 36.5 Å². The number of anilines is 2. The number of para-hydroxylation sites is 2. The summed E-state index contributed by atoms with van der Waals surface area (Å²) in [7, 11) is 0. The molecular weight excluding hydrogens is 376 g/mol. The Balaban J connectivity index is 1.61. The smallest absolute Gasteiger partial charge is 0.259 e. The normalized spacial score (nSPS) is 14.1. The highest BCUT2D eigenvalue weighted by Gasteiger charge is 2.21. The minimum atomic E-state index is -0.212. The Bertz CT molecular complexity index is 981. The van der Waals surface area contributed by atoms with Gasteiger partial charge in [0.1, 0.15) is 0 Å². The van der Waals surface area contributed by atoms with Crippen molar-refractivity contribution in [3.8, 4) is 5.69 Å². The number of benzene rings is 2. The molecule has 1 aliphatic heterocycles. The molecule has 1 fully saturated rings. The van der Waals surface area contributed by atoms with Gasteiger partial charge in [0.2, 0.25) is 0 Å². The van der Waals surface area contributed by atoms with Gasteiger partial charge in [-0.25, -0.2) is 4.68 Å². The monoisotopic (exact) mass is 396 g/mol. The van der Waals surface area contributed by atoms with Gasteiger partial charge in [0, 0.05) is 13.1 Å². The van der Waals surface area contributed by atoms with Crippen LogP contribution in [0.1, 0.15) is 16.1 Å². The van der Waals surface area contributed by atoms with Crippen LogP contribution in [-0.4, -0.2) is 42.0 Å². The third kappa shape index (κ3) is 3.61. The molecule has 0 aliphatic carbocycles. The summed E-state index contributed by atoms with van der Waals surface area (Å²) in [6.07, 6.45) is 1.59. The molecule has 0 atom stereocenters. The number of rotatable bonds is 4. The molecule has 1 amide bonds. The molecular formula is C21H21ClN4O2. The molecule has 4 rings (SSSR count). The van der Waals surface area contributed by atoms with Crippen molar-refractivity contribution in [2.24, 2.45) is 0 Å². The molecule has 28 heavy (non-hydrogen) atoms. The highest BCUT2D eigenvalue weighted by atomic mass is 35.5. The second-order valence-corrected chi connectivity index (χ2v) is 6.99. The molecule has 6 nitrogen and oxygen atoms in total. The zero-order valence-corrected chi connectivity index (χ0v) is 16.3. The van der Waals surface area contributed by atoms with Crippen LogP contribution in [0.5, 0.6) is 0 Å². The lowest BCUT2D eigenvalue weighted by Gasteiger charge is -2.31. The largest absolute Gasteiger partial charge is 0.378 e. The van der Waals surface area contributed by atoms with Gasteiger partial charge < -0.3 is 15.0 Å². The summed E-state index contributed by atoms with van der Waals surface area (Å²) < 4.78 is 7.19. The van der Waals surface area contributed by atoms with Crippen molar-refractivity contribution >= 4 is 28.9 Å². The van der Waals surface area contributed by atoms with E-state index >= 15 is 0 Å². The van der Waals surface area contributed by atoms with Crippen LogP contribution < -0.4 is 10.2 Å². The summed E-state index contributed by atoms with van der Waals surface area (Å²) >= 11 is 6.46. The Morgan fingerprint density at radius 3 is 2.61 bits per heavy atom. The molecule has 1 saturated heterocycles. The molecule has 0 saturated carbocycles. The molecule has 1 aromatic heterocycles. The lowest BCUT2D eigenvalue weighted by molar-refractivity contribution is 0.102. The predicted molar refractivity (Wildman–Crippen MR) is 111 cm³/mol. The molecule has 3 aromatic rings. The molecule has 2 aromatic carbocycles. The number of hydrogen-bond donors (Lipinski definition) is 1. The Morgan fingerprint density at radius 1 is 1.11 bits per heavy atom. The zero-order valence-electron chi connectivity index (χ0n) is 15.6. The molecule has 1 N–H and O–H groups in total. The zero-order chi connectivity index (χ0) is 19.5. The Kier molecular flexibility index (Phi) is 5.32. The first-order valence-electron chi connectivity index (χ1n) is 9.18. The number of aromatic nitrogens is 2. The maximum atomic E-state index is 13.0. The van der Waals surface area contributed by atoms with Crippen molar-refractivity contribution in [1.29, 1.82) is 0 Å². The van der Waals surface area contributed by atoms with Gasteiger partial charge in [0.05, 0.1) is 52.8 Å².